The van der Waals surface area contributed by atoms with E-state index in [9.17, 15) is 4.79 Å². The quantitative estimate of drug-likeness (QED) is 0.805. The molecule has 0 radical (unpaired) electrons. The smallest absolute Gasteiger partial charge is 0.221 e. The van der Waals surface area contributed by atoms with Crippen molar-refractivity contribution in [2.24, 2.45) is 11.1 Å². The third-order valence-corrected chi connectivity index (χ3v) is 5.17. The van der Waals surface area contributed by atoms with Crippen LogP contribution in [0.3, 0.4) is 0 Å². The first kappa shape index (κ1) is 14.5. The number of rotatable bonds is 7. The lowest BCUT2D eigenvalue weighted by Gasteiger charge is -2.40. The minimum absolute atomic E-state index is 0.0935. The SMILES string of the molecule is CCCC(NC(=O)CC1(CN)CCC1)c1cccs1. The highest BCUT2D eigenvalue weighted by molar-refractivity contribution is 7.10. The first-order chi connectivity index (χ1) is 9.19. The average Bonchev–Trinajstić information content (AvgIpc) is 2.87. The molecule has 1 saturated carbocycles. The predicted octanol–water partition coefficient (Wildman–Crippen LogP) is 3.22. The van der Waals surface area contributed by atoms with Gasteiger partial charge in [0.05, 0.1) is 6.04 Å². The van der Waals surface area contributed by atoms with Crippen LogP contribution < -0.4 is 11.1 Å². The lowest BCUT2D eigenvalue weighted by atomic mass is 9.66. The molecule has 0 bridgehead atoms. The van der Waals surface area contributed by atoms with Crippen LogP contribution in [0.15, 0.2) is 17.5 Å². The van der Waals surface area contributed by atoms with Crippen LogP contribution in [0.4, 0.5) is 0 Å². The third kappa shape index (κ3) is 3.57. The van der Waals surface area contributed by atoms with Crippen molar-refractivity contribution in [3.05, 3.63) is 22.4 Å². The fourth-order valence-electron chi connectivity index (χ4n) is 2.78. The Hall–Kier alpha value is -0.870. The van der Waals surface area contributed by atoms with Gasteiger partial charge in [-0.2, -0.15) is 0 Å². The summed E-state index contributed by atoms with van der Waals surface area (Å²) in [7, 11) is 0. The Kier molecular flexibility index (Phi) is 4.99. The number of carbonyl (C=O) groups excluding carboxylic acids is 1. The zero-order valence-corrected chi connectivity index (χ0v) is 12.5. The number of nitrogens with one attached hydrogen (secondary N) is 1. The molecule has 1 aliphatic carbocycles. The van der Waals surface area contributed by atoms with Crippen LogP contribution >= 0.6 is 11.3 Å². The number of carbonyl (C=O) groups is 1. The Morgan fingerprint density at radius 2 is 2.37 bits per heavy atom. The number of thiophene rings is 1. The number of hydrogen-bond acceptors (Lipinski definition) is 3. The van der Waals surface area contributed by atoms with Crippen molar-refractivity contribution in [2.45, 2.75) is 51.5 Å². The Bertz CT molecular complexity index is 393. The first-order valence-corrected chi connectivity index (χ1v) is 8.10. The molecule has 4 heteroatoms. The number of nitrogens with two attached hydrogens (primary N) is 1. The van der Waals surface area contributed by atoms with Crippen LogP contribution in [0.25, 0.3) is 0 Å². The van der Waals surface area contributed by atoms with Gasteiger partial charge >= 0.3 is 0 Å². The summed E-state index contributed by atoms with van der Waals surface area (Å²) >= 11 is 1.72. The maximum Gasteiger partial charge on any atom is 0.221 e. The van der Waals surface area contributed by atoms with Gasteiger partial charge in [-0.05, 0) is 42.7 Å². The molecule has 0 aliphatic heterocycles. The molecule has 1 amide bonds. The molecule has 1 aromatic rings. The molecular weight excluding hydrogens is 256 g/mol. The van der Waals surface area contributed by atoms with Crippen LogP contribution in [0, 0.1) is 5.41 Å². The Morgan fingerprint density at radius 3 is 2.84 bits per heavy atom. The normalized spacial score (nSPS) is 18.6. The van der Waals surface area contributed by atoms with Gasteiger partial charge in [0.2, 0.25) is 5.91 Å². The van der Waals surface area contributed by atoms with E-state index < -0.39 is 0 Å². The molecule has 1 unspecified atom stereocenters. The van der Waals surface area contributed by atoms with Gasteiger partial charge in [-0.3, -0.25) is 4.79 Å². The Balaban J connectivity index is 1.92. The highest BCUT2D eigenvalue weighted by Crippen LogP contribution is 2.43. The molecule has 2 rings (SSSR count). The Morgan fingerprint density at radius 1 is 1.58 bits per heavy atom. The highest BCUT2D eigenvalue weighted by Gasteiger charge is 2.37. The van der Waals surface area contributed by atoms with Crippen LogP contribution in [0.2, 0.25) is 0 Å². The third-order valence-electron chi connectivity index (χ3n) is 4.18. The molecule has 19 heavy (non-hydrogen) atoms. The summed E-state index contributed by atoms with van der Waals surface area (Å²) in [5, 5.41) is 5.26. The van der Waals surface area contributed by atoms with Gasteiger partial charge in [0.1, 0.15) is 0 Å². The summed E-state index contributed by atoms with van der Waals surface area (Å²) in [6.07, 6.45) is 6.10. The molecule has 1 aromatic heterocycles. The van der Waals surface area contributed by atoms with E-state index in [1.54, 1.807) is 11.3 Å². The summed E-state index contributed by atoms with van der Waals surface area (Å²) in [6.45, 7) is 2.79. The molecule has 1 fully saturated rings. The fourth-order valence-corrected chi connectivity index (χ4v) is 3.59. The minimum atomic E-state index is 0.0935. The van der Waals surface area contributed by atoms with Gasteiger partial charge in [0.25, 0.3) is 0 Å². The van der Waals surface area contributed by atoms with Crippen molar-refractivity contribution < 1.29 is 4.79 Å². The topological polar surface area (TPSA) is 55.1 Å². The molecule has 3 N–H and O–H groups in total. The van der Waals surface area contributed by atoms with Crippen molar-refractivity contribution >= 4 is 17.2 Å². The summed E-state index contributed by atoms with van der Waals surface area (Å²) in [5.41, 5.74) is 5.92. The number of hydrogen-bond donors (Lipinski definition) is 2. The molecule has 0 spiro atoms. The summed E-state index contributed by atoms with van der Waals surface area (Å²) < 4.78 is 0. The monoisotopic (exact) mass is 280 g/mol. The molecule has 106 valence electrons. The lowest BCUT2D eigenvalue weighted by molar-refractivity contribution is -0.125. The summed E-state index contributed by atoms with van der Waals surface area (Å²) in [4.78, 5) is 13.5. The largest absolute Gasteiger partial charge is 0.348 e. The summed E-state index contributed by atoms with van der Waals surface area (Å²) in [6, 6.07) is 4.32. The molecule has 3 nitrogen and oxygen atoms in total. The van der Waals surface area contributed by atoms with E-state index in [-0.39, 0.29) is 17.4 Å². The standard InChI is InChI=1S/C15H24N2OS/c1-2-5-12(13-6-3-9-19-13)17-14(18)10-15(11-16)7-4-8-15/h3,6,9,12H,2,4-5,7-8,10-11,16H2,1H3,(H,17,18). The fraction of sp³-hybridized carbons (Fsp3) is 0.667. The lowest BCUT2D eigenvalue weighted by Crippen LogP contribution is -2.42. The second-order valence-corrected chi connectivity index (χ2v) is 6.64. The first-order valence-electron chi connectivity index (χ1n) is 7.22. The van der Waals surface area contributed by atoms with E-state index in [2.05, 4.69) is 23.7 Å². The molecular formula is C15H24N2OS. The zero-order chi connectivity index (χ0) is 13.7. The van der Waals surface area contributed by atoms with E-state index >= 15 is 0 Å². The second-order valence-electron chi connectivity index (χ2n) is 5.66. The van der Waals surface area contributed by atoms with Crippen molar-refractivity contribution in [1.82, 2.24) is 5.32 Å². The van der Waals surface area contributed by atoms with Gasteiger partial charge in [0.15, 0.2) is 0 Å². The van der Waals surface area contributed by atoms with Crippen LogP contribution in [-0.4, -0.2) is 12.5 Å². The maximum atomic E-state index is 12.2. The van der Waals surface area contributed by atoms with Gasteiger partial charge < -0.3 is 11.1 Å². The highest BCUT2D eigenvalue weighted by atomic mass is 32.1. The van der Waals surface area contributed by atoms with Gasteiger partial charge in [0, 0.05) is 11.3 Å². The van der Waals surface area contributed by atoms with E-state index in [1.165, 1.54) is 11.3 Å². The number of amides is 1. The molecule has 1 aliphatic rings. The van der Waals surface area contributed by atoms with Crippen molar-refractivity contribution in [3.8, 4) is 0 Å². The summed E-state index contributed by atoms with van der Waals surface area (Å²) in [5.74, 6) is 0.164. The van der Waals surface area contributed by atoms with E-state index in [0.717, 1.165) is 25.7 Å². The van der Waals surface area contributed by atoms with E-state index in [1.807, 2.05) is 6.07 Å². The maximum absolute atomic E-state index is 12.2. The van der Waals surface area contributed by atoms with Gasteiger partial charge in [-0.15, -0.1) is 11.3 Å². The van der Waals surface area contributed by atoms with Crippen molar-refractivity contribution in [2.75, 3.05) is 6.54 Å². The predicted molar refractivity (Wildman–Crippen MR) is 80.1 cm³/mol. The van der Waals surface area contributed by atoms with Gasteiger partial charge in [-0.1, -0.05) is 25.8 Å². The second kappa shape index (κ2) is 6.53. The molecule has 0 saturated heterocycles. The van der Waals surface area contributed by atoms with Crippen LogP contribution in [0.1, 0.15) is 56.4 Å². The Labute approximate surface area is 119 Å². The van der Waals surface area contributed by atoms with E-state index in [4.69, 9.17) is 5.73 Å². The van der Waals surface area contributed by atoms with Crippen LogP contribution in [-0.2, 0) is 4.79 Å². The van der Waals surface area contributed by atoms with E-state index in [0.29, 0.717) is 13.0 Å². The van der Waals surface area contributed by atoms with Crippen LogP contribution in [0.5, 0.6) is 0 Å². The van der Waals surface area contributed by atoms with Gasteiger partial charge in [-0.25, -0.2) is 0 Å². The molecule has 0 aromatic carbocycles. The molecule has 1 atom stereocenters. The average molecular weight is 280 g/mol. The minimum Gasteiger partial charge on any atom is -0.348 e. The molecule has 1 heterocycles. The van der Waals surface area contributed by atoms with Crippen molar-refractivity contribution in [1.29, 1.82) is 0 Å². The van der Waals surface area contributed by atoms with Crippen molar-refractivity contribution in [3.63, 3.8) is 0 Å². The zero-order valence-electron chi connectivity index (χ0n) is 11.7.